The van der Waals surface area contributed by atoms with Crippen LogP contribution in [0.15, 0.2) is 34.1 Å². The van der Waals surface area contributed by atoms with Crippen LogP contribution in [0, 0.1) is 13.8 Å². The van der Waals surface area contributed by atoms with Gasteiger partial charge in [-0.2, -0.15) is 0 Å². The number of sulfonamides is 1. The van der Waals surface area contributed by atoms with Crippen molar-refractivity contribution in [3.63, 3.8) is 0 Å². The Hall–Kier alpha value is -2.23. The summed E-state index contributed by atoms with van der Waals surface area (Å²) in [6.07, 6.45) is 3.42. The number of hydrogen-bond donors (Lipinski definition) is 0. The van der Waals surface area contributed by atoms with Crippen LogP contribution in [0.5, 0.6) is 0 Å². The predicted octanol–water partition coefficient (Wildman–Crippen LogP) is 1.58. The van der Waals surface area contributed by atoms with Gasteiger partial charge in [-0.05, 0) is 38.8 Å². The van der Waals surface area contributed by atoms with E-state index in [0.717, 1.165) is 39.7 Å². The lowest BCUT2D eigenvalue weighted by molar-refractivity contribution is 0.0948. The SMILES string of the molecule is Cc1cc(C(=O)Cn2cc(S(=O)(=O)N(C)C)ccc2=O)c(C)n1C[C@@H]1CCCO1. The largest absolute Gasteiger partial charge is 0.376 e. The minimum absolute atomic E-state index is 0.0289. The molecule has 158 valence electrons. The number of carbonyl (C=O) groups excluding carboxylic acids is 1. The van der Waals surface area contributed by atoms with Crippen molar-refractivity contribution in [2.75, 3.05) is 20.7 Å². The molecule has 0 saturated carbocycles. The minimum Gasteiger partial charge on any atom is -0.376 e. The Kier molecular flexibility index (Phi) is 6.11. The molecular formula is C20H27N3O5S. The van der Waals surface area contributed by atoms with E-state index in [1.807, 2.05) is 19.9 Å². The molecule has 9 heteroatoms. The number of Topliss-reactive ketones (excluding diaryl/α,β-unsaturated/α-hetero) is 1. The molecule has 2 aromatic heterocycles. The fourth-order valence-electron chi connectivity index (χ4n) is 3.59. The molecular weight excluding hydrogens is 394 g/mol. The number of hydrogen-bond acceptors (Lipinski definition) is 5. The quantitative estimate of drug-likeness (QED) is 0.633. The number of nitrogens with zero attached hydrogens (tertiary/aromatic N) is 3. The molecule has 0 N–H and O–H groups in total. The lowest BCUT2D eigenvalue weighted by Gasteiger charge is -2.15. The summed E-state index contributed by atoms with van der Waals surface area (Å²) >= 11 is 0. The molecule has 1 saturated heterocycles. The first-order chi connectivity index (χ1) is 13.6. The van der Waals surface area contributed by atoms with Gasteiger partial charge in [-0.1, -0.05) is 0 Å². The molecule has 2 aromatic rings. The average Bonchev–Trinajstić information content (AvgIpc) is 3.27. The number of ketones is 1. The van der Waals surface area contributed by atoms with Crippen LogP contribution < -0.4 is 5.56 Å². The molecule has 0 aromatic carbocycles. The van der Waals surface area contributed by atoms with Crippen LogP contribution >= 0.6 is 0 Å². The number of ether oxygens (including phenoxy) is 1. The van der Waals surface area contributed by atoms with Crippen LogP contribution in [0.25, 0.3) is 0 Å². The predicted molar refractivity (Wildman–Crippen MR) is 109 cm³/mol. The molecule has 1 fully saturated rings. The first-order valence-electron chi connectivity index (χ1n) is 9.56. The Morgan fingerprint density at radius 3 is 2.62 bits per heavy atom. The maximum absolute atomic E-state index is 12.9. The van der Waals surface area contributed by atoms with Gasteiger partial charge >= 0.3 is 0 Å². The van der Waals surface area contributed by atoms with Crippen molar-refractivity contribution < 1.29 is 17.9 Å². The highest BCUT2D eigenvalue weighted by atomic mass is 32.2. The Morgan fingerprint density at radius 1 is 1.28 bits per heavy atom. The smallest absolute Gasteiger partial charge is 0.251 e. The zero-order valence-electron chi connectivity index (χ0n) is 17.2. The standard InChI is InChI=1S/C20H27N3O5S/c1-14-10-18(15(2)23(14)11-16-6-5-9-28-16)19(24)13-22-12-17(7-8-20(22)25)29(26,27)21(3)4/h7-8,10,12,16H,5-6,9,11,13H2,1-4H3/t16-/m0/s1. The summed E-state index contributed by atoms with van der Waals surface area (Å²) in [5.74, 6) is -0.238. The van der Waals surface area contributed by atoms with Crippen molar-refractivity contribution in [1.29, 1.82) is 0 Å². The normalized spacial score (nSPS) is 17.2. The fraction of sp³-hybridized carbons (Fsp3) is 0.500. The molecule has 1 aliphatic rings. The molecule has 3 heterocycles. The van der Waals surface area contributed by atoms with E-state index in [2.05, 4.69) is 4.57 Å². The summed E-state index contributed by atoms with van der Waals surface area (Å²) in [6.45, 7) is 5.06. The van der Waals surface area contributed by atoms with Crippen LogP contribution in [0.1, 0.15) is 34.6 Å². The van der Waals surface area contributed by atoms with Gasteiger partial charge in [0.25, 0.3) is 5.56 Å². The minimum atomic E-state index is -3.70. The average molecular weight is 422 g/mol. The van der Waals surface area contributed by atoms with Crippen LogP contribution in [-0.4, -0.2) is 54.4 Å². The summed E-state index contributed by atoms with van der Waals surface area (Å²) in [7, 11) is -0.865. The first-order valence-corrected chi connectivity index (χ1v) is 11.0. The lowest BCUT2D eigenvalue weighted by atomic mass is 10.1. The molecule has 0 spiro atoms. The van der Waals surface area contributed by atoms with Crippen molar-refractivity contribution in [3.05, 3.63) is 51.7 Å². The van der Waals surface area contributed by atoms with Crippen molar-refractivity contribution in [2.24, 2.45) is 0 Å². The van der Waals surface area contributed by atoms with Gasteiger partial charge in [-0.15, -0.1) is 0 Å². The third-order valence-corrected chi connectivity index (χ3v) is 7.13. The summed E-state index contributed by atoms with van der Waals surface area (Å²) in [6, 6.07) is 4.24. The zero-order valence-corrected chi connectivity index (χ0v) is 18.0. The van der Waals surface area contributed by atoms with Gasteiger partial charge in [-0.3, -0.25) is 9.59 Å². The highest BCUT2D eigenvalue weighted by molar-refractivity contribution is 7.89. The van der Waals surface area contributed by atoms with E-state index < -0.39 is 15.6 Å². The van der Waals surface area contributed by atoms with Crippen LogP contribution in [0.2, 0.25) is 0 Å². The van der Waals surface area contributed by atoms with E-state index in [0.29, 0.717) is 12.1 Å². The lowest BCUT2D eigenvalue weighted by Crippen LogP contribution is -2.27. The molecule has 29 heavy (non-hydrogen) atoms. The summed E-state index contributed by atoms with van der Waals surface area (Å²) in [5, 5.41) is 0. The van der Waals surface area contributed by atoms with Crippen molar-refractivity contribution >= 4 is 15.8 Å². The number of carbonyl (C=O) groups is 1. The van der Waals surface area contributed by atoms with E-state index in [1.165, 1.54) is 32.4 Å². The van der Waals surface area contributed by atoms with Gasteiger partial charge in [0.05, 0.1) is 17.5 Å². The van der Waals surface area contributed by atoms with E-state index >= 15 is 0 Å². The molecule has 0 radical (unpaired) electrons. The third kappa shape index (κ3) is 4.36. The first kappa shape index (κ1) is 21.5. The number of rotatable bonds is 7. The molecule has 3 rings (SSSR count). The highest BCUT2D eigenvalue weighted by Gasteiger charge is 2.22. The summed E-state index contributed by atoms with van der Waals surface area (Å²) in [4.78, 5) is 25.1. The Bertz CT molecular complexity index is 1080. The van der Waals surface area contributed by atoms with Gasteiger partial charge in [0, 0.05) is 56.5 Å². The second-order valence-electron chi connectivity index (χ2n) is 7.57. The van der Waals surface area contributed by atoms with Gasteiger partial charge in [0.15, 0.2) is 5.78 Å². The van der Waals surface area contributed by atoms with Gasteiger partial charge in [-0.25, -0.2) is 12.7 Å². The molecule has 1 atom stereocenters. The topological polar surface area (TPSA) is 90.6 Å². The molecule has 0 bridgehead atoms. The Balaban J connectivity index is 1.86. The second kappa shape index (κ2) is 8.25. The Labute approximate surface area is 170 Å². The number of aromatic nitrogens is 2. The highest BCUT2D eigenvalue weighted by Crippen LogP contribution is 2.21. The van der Waals surface area contributed by atoms with Crippen LogP contribution in [0.3, 0.4) is 0 Å². The fourth-order valence-corrected chi connectivity index (χ4v) is 4.51. The van der Waals surface area contributed by atoms with Gasteiger partial charge in [0.2, 0.25) is 10.0 Å². The van der Waals surface area contributed by atoms with Gasteiger partial charge in [0.1, 0.15) is 0 Å². The number of pyridine rings is 1. The molecule has 0 aliphatic carbocycles. The van der Waals surface area contributed by atoms with Crippen molar-refractivity contribution in [2.45, 2.75) is 50.8 Å². The second-order valence-corrected chi connectivity index (χ2v) is 9.72. The van der Waals surface area contributed by atoms with Crippen molar-refractivity contribution in [1.82, 2.24) is 13.4 Å². The van der Waals surface area contributed by atoms with Crippen LogP contribution in [-0.2, 0) is 27.8 Å². The van der Waals surface area contributed by atoms with E-state index in [1.54, 1.807) is 0 Å². The zero-order chi connectivity index (χ0) is 21.3. The van der Waals surface area contributed by atoms with Crippen molar-refractivity contribution in [3.8, 4) is 0 Å². The van der Waals surface area contributed by atoms with Crippen LogP contribution in [0.4, 0.5) is 0 Å². The summed E-state index contributed by atoms with van der Waals surface area (Å²) < 4.78 is 34.6. The number of aryl methyl sites for hydroxylation is 1. The maximum Gasteiger partial charge on any atom is 0.251 e. The molecule has 1 aliphatic heterocycles. The molecule has 0 unspecified atom stereocenters. The third-order valence-electron chi connectivity index (χ3n) is 5.33. The van der Waals surface area contributed by atoms with E-state index in [-0.39, 0.29) is 23.3 Å². The van der Waals surface area contributed by atoms with E-state index in [4.69, 9.17) is 4.74 Å². The van der Waals surface area contributed by atoms with E-state index in [9.17, 15) is 18.0 Å². The molecule has 0 amide bonds. The maximum atomic E-state index is 12.9. The van der Waals surface area contributed by atoms with Gasteiger partial charge < -0.3 is 13.9 Å². The molecule has 8 nitrogen and oxygen atoms in total. The summed E-state index contributed by atoms with van der Waals surface area (Å²) in [5.41, 5.74) is 1.89. The Morgan fingerprint density at radius 2 is 2.00 bits per heavy atom. The monoisotopic (exact) mass is 421 g/mol.